The quantitative estimate of drug-likeness (QED) is 0.874. The van der Waals surface area contributed by atoms with Crippen molar-refractivity contribution in [3.05, 3.63) is 35.9 Å². The number of rotatable bonds is 6. The Bertz CT molecular complexity index is 401. The van der Waals surface area contributed by atoms with Gasteiger partial charge in [0, 0.05) is 19.2 Å². The van der Waals surface area contributed by atoms with E-state index in [9.17, 15) is 5.11 Å². The number of likely N-dealkylation sites (N-methyl/N-ethyl adjacent to an activating group) is 1. The lowest BCUT2D eigenvalue weighted by molar-refractivity contribution is -0.0000330. The van der Waals surface area contributed by atoms with E-state index in [2.05, 4.69) is 25.8 Å². The first-order chi connectivity index (χ1) is 10.1. The van der Waals surface area contributed by atoms with Gasteiger partial charge in [0.1, 0.15) is 0 Å². The Morgan fingerprint density at radius 2 is 2.00 bits per heavy atom. The fourth-order valence-electron chi connectivity index (χ4n) is 3.44. The lowest BCUT2D eigenvalue weighted by Crippen LogP contribution is -2.44. The van der Waals surface area contributed by atoms with Crippen LogP contribution in [0.1, 0.15) is 38.4 Å². The molecule has 21 heavy (non-hydrogen) atoms. The molecule has 0 aliphatic carbocycles. The number of benzene rings is 1. The predicted molar refractivity (Wildman–Crippen MR) is 86.2 cm³/mol. The maximum absolute atomic E-state index is 10.8. The maximum Gasteiger partial charge on any atom is 0.0947 e. The van der Waals surface area contributed by atoms with Crippen molar-refractivity contribution in [3.63, 3.8) is 0 Å². The summed E-state index contributed by atoms with van der Waals surface area (Å²) in [7, 11) is 2.13. The molecule has 3 unspecified atom stereocenters. The van der Waals surface area contributed by atoms with Gasteiger partial charge in [0.05, 0.1) is 12.7 Å². The lowest BCUT2D eigenvalue weighted by Gasteiger charge is -2.37. The van der Waals surface area contributed by atoms with Gasteiger partial charge in [0.2, 0.25) is 0 Å². The summed E-state index contributed by atoms with van der Waals surface area (Å²) in [6.07, 6.45) is 1.95. The second-order valence-corrected chi connectivity index (χ2v) is 6.61. The second kappa shape index (κ2) is 7.92. The number of nitrogens with zero attached hydrogens (tertiary/aromatic N) is 1. The van der Waals surface area contributed by atoms with Gasteiger partial charge in [-0.2, -0.15) is 0 Å². The molecule has 1 aromatic rings. The molecule has 3 heteroatoms. The summed E-state index contributed by atoms with van der Waals surface area (Å²) in [5.41, 5.74) is 1.00. The van der Waals surface area contributed by atoms with Gasteiger partial charge in [-0.15, -0.1) is 0 Å². The molecule has 1 saturated heterocycles. The molecule has 118 valence electrons. The van der Waals surface area contributed by atoms with E-state index < -0.39 is 6.10 Å². The maximum atomic E-state index is 10.8. The van der Waals surface area contributed by atoms with Gasteiger partial charge in [-0.25, -0.2) is 0 Å². The molecule has 0 radical (unpaired) electrons. The molecule has 1 fully saturated rings. The van der Waals surface area contributed by atoms with Crippen LogP contribution in [0.5, 0.6) is 0 Å². The molecule has 1 aliphatic heterocycles. The zero-order valence-corrected chi connectivity index (χ0v) is 13.5. The van der Waals surface area contributed by atoms with Gasteiger partial charge in [-0.05, 0) is 37.3 Å². The predicted octanol–water partition coefficient (Wildman–Crippen LogP) is 3.10. The first-order valence-electron chi connectivity index (χ1n) is 8.10. The largest absolute Gasteiger partial charge is 0.387 e. The van der Waals surface area contributed by atoms with E-state index in [1.165, 1.54) is 6.42 Å². The molecule has 1 aliphatic rings. The van der Waals surface area contributed by atoms with Crippen LogP contribution in [-0.2, 0) is 4.74 Å². The smallest absolute Gasteiger partial charge is 0.0947 e. The van der Waals surface area contributed by atoms with Gasteiger partial charge < -0.3 is 9.84 Å². The number of aliphatic hydroxyl groups excluding tert-OH is 1. The SMILES string of the molecule is CC(C)C(C(O)c1ccccc1)N(C)CC1CCCOC1. The lowest BCUT2D eigenvalue weighted by atomic mass is 9.91. The fourth-order valence-corrected chi connectivity index (χ4v) is 3.44. The highest BCUT2D eigenvalue weighted by molar-refractivity contribution is 5.19. The zero-order chi connectivity index (χ0) is 15.2. The second-order valence-electron chi connectivity index (χ2n) is 6.61. The molecule has 0 bridgehead atoms. The Hall–Kier alpha value is -0.900. The van der Waals surface area contributed by atoms with E-state index in [1.807, 2.05) is 30.3 Å². The summed E-state index contributed by atoms with van der Waals surface area (Å²) in [5, 5.41) is 10.8. The Balaban J connectivity index is 2.03. The monoisotopic (exact) mass is 291 g/mol. The van der Waals surface area contributed by atoms with E-state index in [0.29, 0.717) is 11.8 Å². The minimum absolute atomic E-state index is 0.134. The Labute approximate surface area is 128 Å². The van der Waals surface area contributed by atoms with Crippen molar-refractivity contribution < 1.29 is 9.84 Å². The summed E-state index contributed by atoms with van der Waals surface area (Å²) >= 11 is 0. The Morgan fingerprint density at radius 3 is 2.57 bits per heavy atom. The molecule has 0 spiro atoms. The van der Waals surface area contributed by atoms with Gasteiger partial charge in [-0.1, -0.05) is 44.2 Å². The zero-order valence-electron chi connectivity index (χ0n) is 13.5. The highest BCUT2D eigenvalue weighted by atomic mass is 16.5. The van der Waals surface area contributed by atoms with Gasteiger partial charge in [0.25, 0.3) is 0 Å². The first kappa shape index (κ1) is 16.5. The van der Waals surface area contributed by atoms with E-state index in [4.69, 9.17) is 4.74 Å². The third-order valence-corrected chi connectivity index (χ3v) is 4.46. The van der Waals surface area contributed by atoms with Crippen LogP contribution in [0.25, 0.3) is 0 Å². The summed E-state index contributed by atoms with van der Waals surface area (Å²) in [4.78, 5) is 2.32. The van der Waals surface area contributed by atoms with Crippen molar-refractivity contribution in [2.75, 3.05) is 26.8 Å². The van der Waals surface area contributed by atoms with Crippen LogP contribution in [0.3, 0.4) is 0 Å². The molecule has 0 saturated carbocycles. The average Bonchev–Trinajstić information content (AvgIpc) is 2.49. The van der Waals surface area contributed by atoms with Gasteiger partial charge in [0.15, 0.2) is 0 Å². The van der Waals surface area contributed by atoms with E-state index in [-0.39, 0.29) is 6.04 Å². The van der Waals surface area contributed by atoms with Crippen molar-refractivity contribution in [2.24, 2.45) is 11.8 Å². The third-order valence-electron chi connectivity index (χ3n) is 4.46. The molecule has 0 amide bonds. The Morgan fingerprint density at radius 1 is 1.29 bits per heavy atom. The van der Waals surface area contributed by atoms with Crippen molar-refractivity contribution in [3.8, 4) is 0 Å². The van der Waals surface area contributed by atoms with Crippen molar-refractivity contribution in [1.29, 1.82) is 0 Å². The molecule has 1 aromatic carbocycles. The van der Waals surface area contributed by atoms with Gasteiger partial charge >= 0.3 is 0 Å². The number of hydrogen-bond donors (Lipinski definition) is 1. The third kappa shape index (κ3) is 4.53. The topological polar surface area (TPSA) is 32.7 Å². The highest BCUT2D eigenvalue weighted by Gasteiger charge is 2.29. The molecule has 2 rings (SSSR count). The van der Waals surface area contributed by atoms with Crippen molar-refractivity contribution in [2.45, 2.75) is 38.8 Å². The van der Waals surface area contributed by atoms with E-state index in [0.717, 1.165) is 31.7 Å². The first-order valence-corrected chi connectivity index (χ1v) is 8.10. The van der Waals surface area contributed by atoms with E-state index in [1.54, 1.807) is 0 Å². The van der Waals surface area contributed by atoms with Crippen molar-refractivity contribution >= 4 is 0 Å². The van der Waals surface area contributed by atoms with Crippen LogP contribution < -0.4 is 0 Å². The molecular weight excluding hydrogens is 262 g/mol. The van der Waals surface area contributed by atoms with Crippen LogP contribution in [-0.4, -0.2) is 42.9 Å². The number of aliphatic hydroxyl groups is 1. The van der Waals surface area contributed by atoms with Crippen LogP contribution in [0.4, 0.5) is 0 Å². The molecule has 1 heterocycles. The van der Waals surface area contributed by atoms with E-state index >= 15 is 0 Å². The van der Waals surface area contributed by atoms with Crippen LogP contribution in [0.15, 0.2) is 30.3 Å². The standard InChI is InChI=1S/C18H29NO2/c1-14(2)17(18(20)16-9-5-4-6-10-16)19(3)12-15-8-7-11-21-13-15/h4-6,9-10,14-15,17-18,20H,7-8,11-13H2,1-3H3. The summed E-state index contributed by atoms with van der Waals surface area (Å²) in [5.74, 6) is 0.989. The Kier molecular flexibility index (Phi) is 6.22. The summed E-state index contributed by atoms with van der Waals surface area (Å²) in [6, 6.07) is 10.1. The molecule has 3 atom stereocenters. The minimum Gasteiger partial charge on any atom is -0.387 e. The summed E-state index contributed by atoms with van der Waals surface area (Å²) in [6.45, 7) is 7.12. The molecule has 3 nitrogen and oxygen atoms in total. The van der Waals surface area contributed by atoms with Gasteiger partial charge in [-0.3, -0.25) is 4.90 Å². The van der Waals surface area contributed by atoms with Crippen LogP contribution in [0, 0.1) is 11.8 Å². The van der Waals surface area contributed by atoms with Crippen LogP contribution >= 0.6 is 0 Å². The summed E-state index contributed by atoms with van der Waals surface area (Å²) < 4.78 is 5.58. The normalized spacial score (nSPS) is 22.5. The van der Waals surface area contributed by atoms with Crippen molar-refractivity contribution in [1.82, 2.24) is 4.90 Å². The number of hydrogen-bond acceptors (Lipinski definition) is 3. The van der Waals surface area contributed by atoms with Crippen LogP contribution in [0.2, 0.25) is 0 Å². The fraction of sp³-hybridized carbons (Fsp3) is 0.667. The molecule has 0 aromatic heterocycles. The molecular formula is C18H29NO2. The molecule has 1 N–H and O–H groups in total. The average molecular weight is 291 g/mol. The highest BCUT2D eigenvalue weighted by Crippen LogP contribution is 2.27. The minimum atomic E-state index is -0.444. The number of ether oxygens (including phenoxy) is 1.